The maximum absolute atomic E-state index is 3.86. The standard InChI is InChI=1S/C39H29BBrN/c1-39(2)31-13-7-6-12-29(31)37-32(39)14-8-17-36(37)42(27-20-18-26(19-21-27)25-10-4-3-5-11-25)28-22-23-33-30(24-28)38-34(40-33)15-9-16-35(38)41/h3-24,40H,1-2H3. The molecule has 1 heterocycles. The number of benzene rings is 6. The van der Waals surface area contributed by atoms with Gasteiger partial charge in [-0.15, -0.1) is 0 Å². The lowest BCUT2D eigenvalue weighted by Crippen LogP contribution is -2.21. The van der Waals surface area contributed by atoms with Gasteiger partial charge in [0.15, 0.2) is 7.28 Å². The molecule has 0 amide bonds. The van der Waals surface area contributed by atoms with E-state index < -0.39 is 0 Å². The van der Waals surface area contributed by atoms with Crippen LogP contribution in [0, 0.1) is 0 Å². The number of halogens is 1. The van der Waals surface area contributed by atoms with E-state index in [2.05, 4.69) is 168 Å². The van der Waals surface area contributed by atoms with Crippen molar-refractivity contribution in [2.24, 2.45) is 0 Å². The van der Waals surface area contributed by atoms with E-state index >= 15 is 0 Å². The number of hydrogen-bond acceptors (Lipinski definition) is 1. The Bertz CT molecular complexity index is 1990. The van der Waals surface area contributed by atoms with Crippen LogP contribution in [0.1, 0.15) is 25.0 Å². The van der Waals surface area contributed by atoms with E-state index in [-0.39, 0.29) is 5.41 Å². The van der Waals surface area contributed by atoms with Crippen molar-refractivity contribution in [3.63, 3.8) is 0 Å². The quantitative estimate of drug-likeness (QED) is 0.182. The summed E-state index contributed by atoms with van der Waals surface area (Å²) in [4.78, 5) is 2.46. The normalized spacial score (nSPS) is 13.5. The highest BCUT2D eigenvalue weighted by Crippen LogP contribution is 2.54. The van der Waals surface area contributed by atoms with Crippen molar-refractivity contribution in [3.8, 4) is 33.4 Å². The van der Waals surface area contributed by atoms with Crippen molar-refractivity contribution in [3.05, 3.63) is 149 Å². The molecule has 1 nitrogen and oxygen atoms in total. The zero-order chi connectivity index (χ0) is 28.4. The third kappa shape index (κ3) is 3.84. The molecule has 1 aliphatic heterocycles. The van der Waals surface area contributed by atoms with Crippen molar-refractivity contribution in [1.82, 2.24) is 0 Å². The van der Waals surface area contributed by atoms with Crippen LogP contribution in [-0.2, 0) is 5.41 Å². The van der Waals surface area contributed by atoms with Crippen LogP contribution in [-0.4, -0.2) is 7.28 Å². The number of anilines is 3. The first-order chi connectivity index (χ1) is 20.5. The van der Waals surface area contributed by atoms with Gasteiger partial charge in [0.1, 0.15) is 0 Å². The van der Waals surface area contributed by atoms with Crippen LogP contribution in [0.4, 0.5) is 17.1 Å². The molecule has 0 saturated carbocycles. The maximum atomic E-state index is 3.86. The van der Waals surface area contributed by atoms with E-state index in [0.29, 0.717) is 0 Å². The number of fused-ring (bicyclic) bond motifs is 6. The summed E-state index contributed by atoms with van der Waals surface area (Å²) in [5.74, 6) is 0. The Labute approximate surface area is 256 Å². The van der Waals surface area contributed by atoms with Crippen LogP contribution in [0.5, 0.6) is 0 Å². The highest BCUT2D eigenvalue weighted by Gasteiger charge is 2.37. The minimum absolute atomic E-state index is 0.0630. The van der Waals surface area contributed by atoms with Gasteiger partial charge in [-0.1, -0.05) is 138 Å². The summed E-state index contributed by atoms with van der Waals surface area (Å²) in [6, 6.07) is 49.0. The fraction of sp³-hybridized carbons (Fsp3) is 0.0769. The summed E-state index contributed by atoms with van der Waals surface area (Å²) < 4.78 is 1.16. The topological polar surface area (TPSA) is 3.24 Å². The minimum Gasteiger partial charge on any atom is -0.310 e. The van der Waals surface area contributed by atoms with Gasteiger partial charge in [-0.2, -0.15) is 0 Å². The molecule has 0 aromatic heterocycles. The molecule has 3 heteroatoms. The van der Waals surface area contributed by atoms with Gasteiger partial charge in [-0.05, 0) is 75.3 Å². The summed E-state index contributed by atoms with van der Waals surface area (Å²) >= 11 is 3.86. The number of nitrogens with zero attached hydrogens (tertiary/aromatic N) is 1. The zero-order valence-corrected chi connectivity index (χ0v) is 25.3. The first kappa shape index (κ1) is 25.4. The van der Waals surface area contributed by atoms with Gasteiger partial charge in [0.2, 0.25) is 0 Å². The van der Waals surface area contributed by atoms with Crippen LogP contribution in [0.25, 0.3) is 33.4 Å². The molecule has 6 aromatic carbocycles. The third-order valence-electron chi connectivity index (χ3n) is 9.16. The van der Waals surface area contributed by atoms with Gasteiger partial charge in [0.05, 0.1) is 5.69 Å². The Balaban J connectivity index is 1.35. The summed E-state index contributed by atoms with van der Waals surface area (Å²) in [6.07, 6.45) is 0. The molecule has 8 rings (SSSR count). The Kier molecular flexibility index (Phi) is 5.81. The summed E-state index contributed by atoms with van der Waals surface area (Å²) in [6.45, 7) is 4.70. The lowest BCUT2D eigenvalue weighted by atomic mass is 9.68. The summed E-state index contributed by atoms with van der Waals surface area (Å²) in [5, 5.41) is 0. The van der Waals surface area contributed by atoms with Crippen LogP contribution in [0.15, 0.2) is 138 Å². The predicted molar refractivity (Wildman–Crippen MR) is 184 cm³/mol. The Hall–Kier alpha value is -4.34. The highest BCUT2D eigenvalue weighted by atomic mass is 79.9. The second-order valence-electron chi connectivity index (χ2n) is 11.9. The molecular weight excluding hydrogens is 573 g/mol. The molecule has 0 fully saturated rings. The van der Waals surface area contributed by atoms with E-state index in [9.17, 15) is 0 Å². The van der Waals surface area contributed by atoms with Gasteiger partial charge >= 0.3 is 0 Å². The lowest BCUT2D eigenvalue weighted by molar-refractivity contribution is 0.660. The lowest BCUT2D eigenvalue weighted by Gasteiger charge is -2.29. The van der Waals surface area contributed by atoms with Crippen LogP contribution in [0.2, 0.25) is 0 Å². The fourth-order valence-corrected chi connectivity index (χ4v) is 7.72. The van der Waals surface area contributed by atoms with E-state index in [1.165, 1.54) is 66.8 Å². The molecule has 0 bridgehead atoms. The molecule has 2 aliphatic rings. The van der Waals surface area contributed by atoms with Crippen molar-refractivity contribution in [2.45, 2.75) is 19.3 Å². The van der Waals surface area contributed by atoms with Gasteiger partial charge in [0, 0.05) is 26.8 Å². The monoisotopic (exact) mass is 601 g/mol. The number of hydrogen-bond donors (Lipinski definition) is 0. The van der Waals surface area contributed by atoms with Gasteiger partial charge in [-0.25, -0.2) is 0 Å². The average Bonchev–Trinajstić information content (AvgIpc) is 3.51. The molecule has 0 unspecified atom stereocenters. The van der Waals surface area contributed by atoms with Crippen molar-refractivity contribution in [2.75, 3.05) is 4.90 Å². The van der Waals surface area contributed by atoms with Crippen molar-refractivity contribution < 1.29 is 0 Å². The van der Waals surface area contributed by atoms with Gasteiger partial charge in [0.25, 0.3) is 0 Å². The first-order valence-corrected chi connectivity index (χ1v) is 15.4. The molecule has 0 radical (unpaired) electrons. The molecule has 0 N–H and O–H groups in total. The molecular formula is C39H29BBrN. The predicted octanol–water partition coefficient (Wildman–Crippen LogP) is 9.26. The van der Waals surface area contributed by atoms with Crippen molar-refractivity contribution >= 4 is 51.2 Å². The summed E-state index contributed by atoms with van der Waals surface area (Å²) in [7, 11) is 0.971. The van der Waals surface area contributed by atoms with Crippen molar-refractivity contribution in [1.29, 1.82) is 0 Å². The third-order valence-corrected chi connectivity index (χ3v) is 9.82. The Morgan fingerprint density at radius 2 is 1.24 bits per heavy atom. The van der Waals surface area contributed by atoms with E-state index in [1.54, 1.807) is 0 Å². The second-order valence-corrected chi connectivity index (χ2v) is 12.8. The Morgan fingerprint density at radius 1 is 0.548 bits per heavy atom. The average molecular weight is 602 g/mol. The molecule has 200 valence electrons. The van der Waals surface area contributed by atoms with E-state index in [0.717, 1.165) is 17.4 Å². The first-order valence-electron chi connectivity index (χ1n) is 14.6. The molecule has 42 heavy (non-hydrogen) atoms. The second kappa shape index (κ2) is 9.61. The Morgan fingerprint density at radius 3 is 2.07 bits per heavy atom. The molecule has 0 saturated heterocycles. The molecule has 1 aliphatic carbocycles. The maximum Gasteiger partial charge on any atom is 0.193 e. The van der Waals surface area contributed by atoms with E-state index in [1.807, 2.05) is 0 Å². The molecule has 0 spiro atoms. The van der Waals surface area contributed by atoms with Gasteiger partial charge in [-0.3, -0.25) is 0 Å². The van der Waals surface area contributed by atoms with E-state index in [4.69, 9.17) is 0 Å². The van der Waals surface area contributed by atoms with Crippen LogP contribution < -0.4 is 15.8 Å². The zero-order valence-electron chi connectivity index (χ0n) is 23.7. The fourth-order valence-electron chi connectivity index (χ4n) is 7.10. The minimum atomic E-state index is -0.0630. The largest absolute Gasteiger partial charge is 0.310 e. The number of rotatable bonds is 4. The highest BCUT2D eigenvalue weighted by molar-refractivity contribution is 9.10. The van der Waals surface area contributed by atoms with Gasteiger partial charge < -0.3 is 4.90 Å². The molecule has 0 atom stereocenters. The van der Waals surface area contributed by atoms with Crippen LogP contribution in [0.3, 0.4) is 0 Å². The molecule has 6 aromatic rings. The van der Waals surface area contributed by atoms with Crippen LogP contribution >= 0.6 is 15.9 Å². The SMILES string of the molecule is CC1(C)c2ccccc2-c2c(N(c3ccc(-c4ccccc4)cc3)c3ccc4c(c3)-c3c(Br)cccc3B4)cccc21. The summed E-state index contributed by atoms with van der Waals surface area (Å²) in [5.41, 5.74) is 16.7. The smallest absolute Gasteiger partial charge is 0.193 e.